The number of nitro groups is 1. The predicted molar refractivity (Wildman–Crippen MR) is 87.2 cm³/mol. The van der Waals surface area contributed by atoms with Gasteiger partial charge in [0.05, 0.1) is 6.20 Å². The Kier molecular flexibility index (Phi) is 3.40. The first-order chi connectivity index (χ1) is 11.6. The molecule has 9 nitrogen and oxygen atoms in total. The molecule has 0 radical (unpaired) electrons. The van der Waals surface area contributed by atoms with Crippen LogP contribution in [0.25, 0.3) is 5.65 Å². The number of pyridine rings is 1. The average molecular weight is 327 g/mol. The molecule has 0 saturated carbocycles. The molecule has 3 aromatic heterocycles. The molecule has 0 aliphatic carbocycles. The smallest absolute Gasteiger partial charge is 0.358 e. The van der Waals surface area contributed by atoms with Crippen LogP contribution >= 0.6 is 0 Å². The summed E-state index contributed by atoms with van der Waals surface area (Å²) in [7, 11) is 0. The lowest BCUT2D eigenvalue weighted by molar-refractivity contribution is -0.389. The molecule has 1 N–H and O–H groups in total. The lowest BCUT2D eigenvalue weighted by Crippen LogP contribution is -2.33. The van der Waals surface area contributed by atoms with Crippen LogP contribution in [0.1, 0.15) is 30.4 Å². The van der Waals surface area contributed by atoms with Crippen molar-refractivity contribution in [1.82, 2.24) is 24.6 Å². The molecule has 1 aliphatic heterocycles. The van der Waals surface area contributed by atoms with Crippen molar-refractivity contribution in [2.24, 2.45) is 0 Å². The summed E-state index contributed by atoms with van der Waals surface area (Å²) in [6.45, 7) is 3.28. The second-order valence-electron chi connectivity index (χ2n) is 5.99. The number of H-pyrrole nitrogens is 1. The molecule has 4 heterocycles. The van der Waals surface area contributed by atoms with Gasteiger partial charge in [-0.1, -0.05) is 6.07 Å². The van der Waals surface area contributed by atoms with E-state index in [0.717, 1.165) is 24.5 Å². The van der Waals surface area contributed by atoms with Crippen molar-refractivity contribution < 1.29 is 4.92 Å². The highest BCUT2D eigenvalue weighted by Gasteiger charge is 2.31. The van der Waals surface area contributed by atoms with Crippen LogP contribution in [-0.2, 0) is 0 Å². The minimum atomic E-state index is -0.361. The van der Waals surface area contributed by atoms with E-state index in [1.807, 2.05) is 17.9 Å². The van der Waals surface area contributed by atoms with Crippen LogP contribution in [-0.4, -0.2) is 42.6 Å². The molecular weight excluding hydrogens is 310 g/mol. The molecule has 0 atom stereocenters. The number of aryl methyl sites for hydroxylation is 1. The Balaban J connectivity index is 1.60. The largest absolute Gasteiger partial charge is 0.372 e. The normalized spacial score (nSPS) is 16.0. The lowest BCUT2D eigenvalue weighted by atomic mass is 9.96. The molecule has 0 unspecified atom stereocenters. The second kappa shape index (κ2) is 5.59. The first-order valence-electron chi connectivity index (χ1n) is 7.89. The number of anilines is 1. The highest BCUT2D eigenvalue weighted by atomic mass is 16.6. The van der Waals surface area contributed by atoms with Gasteiger partial charge in [-0.2, -0.15) is 14.5 Å². The third kappa shape index (κ3) is 2.38. The van der Waals surface area contributed by atoms with E-state index in [-0.39, 0.29) is 16.7 Å². The molecule has 124 valence electrons. The van der Waals surface area contributed by atoms with E-state index in [1.165, 1.54) is 4.40 Å². The van der Waals surface area contributed by atoms with Crippen molar-refractivity contribution in [3.05, 3.63) is 46.2 Å². The van der Waals surface area contributed by atoms with E-state index >= 15 is 0 Å². The molecule has 0 spiro atoms. The van der Waals surface area contributed by atoms with E-state index in [9.17, 15) is 10.1 Å². The number of fused-ring (bicyclic) bond motifs is 1. The van der Waals surface area contributed by atoms with Gasteiger partial charge in [0.1, 0.15) is 5.82 Å². The fraction of sp³-hybridized carbons (Fsp3) is 0.400. The topological polar surface area (TPSA) is 105 Å². The number of piperidine rings is 1. The zero-order valence-electron chi connectivity index (χ0n) is 13.2. The molecule has 1 aliphatic rings. The van der Waals surface area contributed by atoms with Crippen LogP contribution in [0.2, 0.25) is 0 Å². The van der Waals surface area contributed by atoms with Gasteiger partial charge in [0.15, 0.2) is 5.82 Å². The van der Waals surface area contributed by atoms with Crippen LogP contribution in [0, 0.1) is 17.0 Å². The minimum Gasteiger partial charge on any atom is -0.358 e. The van der Waals surface area contributed by atoms with Gasteiger partial charge in [0.25, 0.3) is 0 Å². The molecule has 24 heavy (non-hydrogen) atoms. The summed E-state index contributed by atoms with van der Waals surface area (Å²) < 4.78 is 1.53. The summed E-state index contributed by atoms with van der Waals surface area (Å²) in [4.78, 5) is 22.0. The third-order valence-corrected chi connectivity index (χ3v) is 4.43. The number of hydrogen-bond acceptors (Lipinski definition) is 6. The molecular formula is C15H17N7O2. The maximum absolute atomic E-state index is 11.5. The van der Waals surface area contributed by atoms with Crippen molar-refractivity contribution in [2.75, 3.05) is 18.0 Å². The Morgan fingerprint density at radius 3 is 2.75 bits per heavy atom. The number of nitrogens with one attached hydrogen (secondary N) is 1. The SMILES string of the molecule is Cc1nc(C2CCN(c3nc4ccccn4c3[N+](=O)[O-])CC2)n[nH]1. The van der Waals surface area contributed by atoms with Gasteiger partial charge in [-0.15, -0.1) is 0 Å². The van der Waals surface area contributed by atoms with Gasteiger partial charge < -0.3 is 15.0 Å². The molecule has 4 rings (SSSR count). The standard InChI is InChI=1S/C15H17N7O2/c1-10-16-13(19-18-10)11-5-8-20(9-6-11)14-15(22(23)24)21-7-3-2-4-12(21)17-14/h2-4,7,11H,5-6,8-9H2,1H3,(H,16,18,19). The molecule has 9 heteroatoms. The Morgan fingerprint density at radius 1 is 1.29 bits per heavy atom. The molecule has 0 amide bonds. The molecule has 0 aromatic carbocycles. The van der Waals surface area contributed by atoms with Crippen molar-refractivity contribution in [2.45, 2.75) is 25.7 Å². The molecule has 1 fully saturated rings. The van der Waals surface area contributed by atoms with Gasteiger partial charge >= 0.3 is 5.82 Å². The van der Waals surface area contributed by atoms with Crippen LogP contribution in [0.5, 0.6) is 0 Å². The third-order valence-electron chi connectivity index (χ3n) is 4.43. The monoisotopic (exact) mass is 327 g/mol. The Bertz CT molecular complexity index is 892. The van der Waals surface area contributed by atoms with E-state index in [4.69, 9.17) is 0 Å². The second-order valence-corrected chi connectivity index (χ2v) is 5.99. The lowest BCUT2D eigenvalue weighted by Gasteiger charge is -2.30. The van der Waals surface area contributed by atoms with Gasteiger partial charge in [-0.3, -0.25) is 5.10 Å². The van der Waals surface area contributed by atoms with Crippen LogP contribution < -0.4 is 4.90 Å². The number of nitrogens with zero attached hydrogens (tertiary/aromatic N) is 6. The maximum atomic E-state index is 11.5. The predicted octanol–water partition coefficient (Wildman–Crippen LogP) is 2.05. The number of aromatic amines is 1. The summed E-state index contributed by atoms with van der Waals surface area (Å²) in [5, 5.41) is 18.6. The maximum Gasteiger partial charge on any atom is 0.372 e. The number of aromatic nitrogens is 5. The number of rotatable bonds is 3. The summed E-state index contributed by atoms with van der Waals surface area (Å²) in [6.07, 6.45) is 3.37. The van der Waals surface area contributed by atoms with Gasteiger partial charge in [0, 0.05) is 25.1 Å². The van der Waals surface area contributed by atoms with E-state index in [0.29, 0.717) is 24.6 Å². The van der Waals surface area contributed by atoms with Gasteiger partial charge in [0.2, 0.25) is 11.5 Å². The first kappa shape index (κ1) is 14.6. The van der Waals surface area contributed by atoms with Crippen molar-refractivity contribution >= 4 is 17.3 Å². The molecule has 0 bridgehead atoms. The summed E-state index contributed by atoms with van der Waals surface area (Å²) in [6, 6.07) is 5.37. The quantitative estimate of drug-likeness (QED) is 0.583. The van der Waals surface area contributed by atoms with E-state index in [2.05, 4.69) is 20.2 Å². The first-order valence-corrected chi connectivity index (χ1v) is 7.89. The van der Waals surface area contributed by atoms with Crippen molar-refractivity contribution in [3.63, 3.8) is 0 Å². The van der Waals surface area contributed by atoms with Crippen LogP contribution in [0.3, 0.4) is 0 Å². The molecule has 3 aromatic rings. The fourth-order valence-electron chi connectivity index (χ4n) is 3.24. The van der Waals surface area contributed by atoms with Crippen LogP contribution in [0.15, 0.2) is 24.4 Å². The number of imidazole rings is 1. The summed E-state index contributed by atoms with van der Waals surface area (Å²) >= 11 is 0. The van der Waals surface area contributed by atoms with Crippen LogP contribution in [0.4, 0.5) is 11.6 Å². The Morgan fingerprint density at radius 2 is 2.08 bits per heavy atom. The summed E-state index contributed by atoms with van der Waals surface area (Å²) in [5.41, 5.74) is 0.589. The highest BCUT2D eigenvalue weighted by Crippen LogP contribution is 2.33. The highest BCUT2D eigenvalue weighted by molar-refractivity contribution is 5.63. The Labute approximate surface area is 137 Å². The Hall–Kier alpha value is -2.97. The van der Waals surface area contributed by atoms with Gasteiger partial charge in [-0.05, 0) is 30.8 Å². The van der Waals surface area contributed by atoms with Gasteiger partial charge in [-0.25, -0.2) is 4.98 Å². The average Bonchev–Trinajstić information content (AvgIpc) is 3.18. The zero-order chi connectivity index (χ0) is 16.7. The van der Waals surface area contributed by atoms with E-state index in [1.54, 1.807) is 18.3 Å². The minimum absolute atomic E-state index is 0.0257. The van der Waals surface area contributed by atoms with Crippen molar-refractivity contribution in [1.29, 1.82) is 0 Å². The zero-order valence-corrected chi connectivity index (χ0v) is 13.2. The summed E-state index contributed by atoms with van der Waals surface area (Å²) in [5.74, 6) is 2.39. The molecule has 1 saturated heterocycles. The number of hydrogen-bond donors (Lipinski definition) is 1. The van der Waals surface area contributed by atoms with E-state index < -0.39 is 0 Å². The fourth-order valence-corrected chi connectivity index (χ4v) is 3.24. The van der Waals surface area contributed by atoms with Crippen molar-refractivity contribution in [3.8, 4) is 0 Å².